The van der Waals surface area contributed by atoms with E-state index in [1.165, 1.54) is 25.2 Å². The first-order valence-electron chi connectivity index (χ1n) is 8.25. The zero-order chi connectivity index (χ0) is 17.2. The third-order valence-electron chi connectivity index (χ3n) is 4.29. The van der Waals surface area contributed by atoms with E-state index in [2.05, 4.69) is 26.0 Å². The summed E-state index contributed by atoms with van der Waals surface area (Å²) in [6, 6.07) is 7.59. The largest absolute Gasteiger partial charge is 0.382 e. The van der Waals surface area contributed by atoms with Crippen LogP contribution in [0, 0.1) is 0 Å². The van der Waals surface area contributed by atoms with Crippen LogP contribution in [0.3, 0.4) is 0 Å². The number of nitrogens with two attached hydrogens (primary N) is 1. The highest BCUT2D eigenvalue weighted by Gasteiger charge is 2.14. The van der Waals surface area contributed by atoms with Crippen molar-refractivity contribution in [2.45, 2.75) is 25.8 Å². The van der Waals surface area contributed by atoms with Crippen LogP contribution in [0.4, 0.5) is 11.5 Å². The lowest BCUT2D eigenvalue weighted by Crippen LogP contribution is -2.16. The number of nitrogens with one attached hydrogen (secondary N) is 1. The maximum atomic E-state index is 12.2. The van der Waals surface area contributed by atoms with Gasteiger partial charge in [-0.15, -0.1) is 0 Å². The third-order valence-corrected chi connectivity index (χ3v) is 4.29. The Hall–Kier alpha value is -3.22. The van der Waals surface area contributed by atoms with E-state index >= 15 is 0 Å². The minimum absolute atomic E-state index is 0.111. The number of hydrogen-bond donors (Lipinski definition) is 2. The number of aromatic nitrogens is 4. The standard InChI is InChI=1S/C18H18N6O/c19-17-16(20-8-9-21-17)18(25)22-13-6-4-12(5-7-13)14-11-24-10-2-1-3-15(24)23-14/h4-9,11H,1-3,10H2,(H2,19,21)(H,22,25). The van der Waals surface area contributed by atoms with Crippen molar-refractivity contribution in [1.29, 1.82) is 0 Å². The summed E-state index contributed by atoms with van der Waals surface area (Å²) in [4.78, 5) is 24.8. The SMILES string of the molecule is Nc1nccnc1C(=O)Nc1ccc(-c2cn3c(n2)CCCC3)cc1. The van der Waals surface area contributed by atoms with Gasteiger partial charge in [-0.25, -0.2) is 15.0 Å². The molecule has 1 aromatic carbocycles. The Morgan fingerprint density at radius 2 is 1.92 bits per heavy atom. The van der Waals surface area contributed by atoms with E-state index in [-0.39, 0.29) is 17.4 Å². The lowest BCUT2D eigenvalue weighted by Gasteiger charge is -2.11. The van der Waals surface area contributed by atoms with Crippen molar-refractivity contribution in [2.24, 2.45) is 0 Å². The molecule has 2 aromatic heterocycles. The topological polar surface area (TPSA) is 98.7 Å². The molecule has 126 valence electrons. The zero-order valence-electron chi connectivity index (χ0n) is 13.6. The number of nitrogens with zero attached hydrogens (tertiary/aromatic N) is 4. The molecule has 0 saturated heterocycles. The van der Waals surface area contributed by atoms with Crippen LogP contribution >= 0.6 is 0 Å². The molecule has 25 heavy (non-hydrogen) atoms. The minimum Gasteiger partial charge on any atom is -0.382 e. The van der Waals surface area contributed by atoms with E-state index in [0.717, 1.165) is 30.0 Å². The average molecular weight is 334 g/mol. The number of aryl methyl sites for hydroxylation is 2. The molecule has 0 bridgehead atoms. The van der Waals surface area contributed by atoms with E-state index in [4.69, 9.17) is 10.7 Å². The van der Waals surface area contributed by atoms with Crippen molar-refractivity contribution in [3.8, 4) is 11.3 Å². The smallest absolute Gasteiger partial charge is 0.278 e. The zero-order valence-corrected chi connectivity index (χ0v) is 13.6. The molecule has 3 heterocycles. The number of amides is 1. The Morgan fingerprint density at radius 1 is 1.12 bits per heavy atom. The highest BCUT2D eigenvalue weighted by atomic mass is 16.1. The van der Waals surface area contributed by atoms with Crippen LogP contribution in [-0.4, -0.2) is 25.4 Å². The second kappa shape index (κ2) is 6.35. The molecule has 0 atom stereocenters. The fraction of sp³-hybridized carbons (Fsp3) is 0.222. The van der Waals surface area contributed by atoms with E-state index < -0.39 is 0 Å². The highest BCUT2D eigenvalue weighted by Crippen LogP contribution is 2.24. The van der Waals surface area contributed by atoms with Crippen molar-refractivity contribution in [3.05, 3.63) is 54.4 Å². The summed E-state index contributed by atoms with van der Waals surface area (Å²) < 4.78 is 2.23. The summed E-state index contributed by atoms with van der Waals surface area (Å²) in [7, 11) is 0. The van der Waals surface area contributed by atoms with Crippen LogP contribution in [0.1, 0.15) is 29.2 Å². The van der Waals surface area contributed by atoms with Gasteiger partial charge in [0.1, 0.15) is 5.82 Å². The molecule has 1 amide bonds. The number of fused-ring (bicyclic) bond motifs is 1. The number of hydrogen-bond acceptors (Lipinski definition) is 5. The molecule has 4 rings (SSSR count). The normalized spacial score (nSPS) is 13.3. The molecule has 0 radical (unpaired) electrons. The van der Waals surface area contributed by atoms with Crippen molar-refractivity contribution in [1.82, 2.24) is 19.5 Å². The Bertz CT molecular complexity index is 892. The Morgan fingerprint density at radius 3 is 2.68 bits per heavy atom. The predicted octanol–water partition coefficient (Wildman–Crippen LogP) is 2.51. The van der Waals surface area contributed by atoms with Gasteiger partial charge in [0.2, 0.25) is 0 Å². The van der Waals surface area contributed by atoms with Gasteiger partial charge >= 0.3 is 0 Å². The Kier molecular flexibility index (Phi) is 3.89. The molecule has 3 N–H and O–H groups in total. The number of anilines is 2. The number of nitrogen functional groups attached to an aromatic ring is 1. The van der Waals surface area contributed by atoms with Gasteiger partial charge in [0.25, 0.3) is 5.91 Å². The van der Waals surface area contributed by atoms with Crippen molar-refractivity contribution in [2.75, 3.05) is 11.1 Å². The molecule has 0 fully saturated rings. The first kappa shape index (κ1) is 15.3. The summed E-state index contributed by atoms with van der Waals surface area (Å²) in [6.07, 6.45) is 8.43. The summed E-state index contributed by atoms with van der Waals surface area (Å²) in [5, 5.41) is 2.78. The summed E-state index contributed by atoms with van der Waals surface area (Å²) in [5.41, 5.74) is 8.46. The fourth-order valence-corrected chi connectivity index (χ4v) is 2.99. The van der Waals surface area contributed by atoms with E-state index in [1.807, 2.05) is 24.3 Å². The second-order valence-electron chi connectivity index (χ2n) is 6.01. The first-order chi connectivity index (χ1) is 12.2. The van der Waals surface area contributed by atoms with Gasteiger partial charge in [0.05, 0.1) is 5.69 Å². The number of rotatable bonds is 3. The molecule has 1 aliphatic heterocycles. The van der Waals surface area contributed by atoms with Gasteiger partial charge in [0.15, 0.2) is 11.5 Å². The molecule has 3 aromatic rings. The van der Waals surface area contributed by atoms with Crippen molar-refractivity contribution < 1.29 is 4.79 Å². The number of carbonyl (C=O) groups is 1. The number of benzene rings is 1. The van der Waals surface area contributed by atoms with Crippen LogP contribution < -0.4 is 11.1 Å². The lowest BCUT2D eigenvalue weighted by molar-refractivity contribution is 0.102. The molecule has 0 unspecified atom stereocenters. The molecule has 7 nitrogen and oxygen atoms in total. The van der Waals surface area contributed by atoms with E-state index in [1.54, 1.807) is 0 Å². The highest BCUT2D eigenvalue weighted by molar-refractivity contribution is 6.05. The van der Waals surface area contributed by atoms with Crippen LogP contribution in [0.5, 0.6) is 0 Å². The maximum absolute atomic E-state index is 12.2. The summed E-state index contributed by atoms with van der Waals surface area (Å²) in [5.74, 6) is 0.882. The molecule has 0 saturated carbocycles. The maximum Gasteiger partial charge on any atom is 0.278 e. The van der Waals surface area contributed by atoms with Gasteiger partial charge in [-0.3, -0.25) is 4.79 Å². The van der Waals surface area contributed by atoms with Crippen LogP contribution in [0.15, 0.2) is 42.9 Å². The first-order valence-corrected chi connectivity index (χ1v) is 8.25. The van der Waals surface area contributed by atoms with Crippen LogP contribution in [0.25, 0.3) is 11.3 Å². The Balaban J connectivity index is 1.51. The molecule has 0 aliphatic carbocycles. The molecule has 0 spiro atoms. The number of imidazole rings is 1. The third kappa shape index (κ3) is 3.08. The van der Waals surface area contributed by atoms with Gasteiger partial charge in [0, 0.05) is 42.8 Å². The Labute approximate surface area is 144 Å². The second-order valence-corrected chi connectivity index (χ2v) is 6.01. The fourth-order valence-electron chi connectivity index (χ4n) is 2.99. The molecule has 7 heteroatoms. The van der Waals surface area contributed by atoms with Gasteiger partial charge in [-0.2, -0.15) is 0 Å². The lowest BCUT2D eigenvalue weighted by atomic mass is 10.1. The molecular weight excluding hydrogens is 316 g/mol. The van der Waals surface area contributed by atoms with Crippen LogP contribution in [0.2, 0.25) is 0 Å². The predicted molar refractivity (Wildman–Crippen MR) is 95.0 cm³/mol. The molecular formula is C18H18N6O. The number of carbonyl (C=O) groups excluding carboxylic acids is 1. The van der Waals surface area contributed by atoms with Crippen molar-refractivity contribution in [3.63, 3.8) is 0 Å². The van der Waals surface area contributed by atoms with Crippen LogP contribution in [-0.2, 0) is 13.0 Å². The van der Waals surface area contributed by atoms with E-state index in [0.29, 0.717) is 5.69 Å². The van der Waals surface area contributed by atoms with Crippen molar-refractivity contribution >= 4 is 17.4 Å². The quantitative estimate of drug-likeness (QED) is 0.767. The van der Waals surface area contributed by atoms with E-state index in [9.17, 15) is 4.79 Å². The molecule has 1 aliphatic rings. The minimum atomic E-state index is -0.379. The summed E-state index contributed by atoms with van der Waals surface area (Å²) >= 11 is 0. The summed E-state index contributed by atoms with van der Waals surface area (Å²) in [6.45, 7) is 1.04. The van der Waals surface area contributed by atoms with Gasteiger partial charge in [-0.1, -0.05) is 12.1 Å². The van der Waals surface area contributed by atoms with Gasteiger partial charge in [-0.05, 0) is 25.0 Å². The average Bonchev–Trinajstić information content (AvgIpc) is 3.07. The monoisotopic (exact) mass is 334 g/mol. The van der Waals surface area contributed by atoms with Gasteiger partial charge < -0.3 is 15.6 Å².